The van der Waals surface area contributed by atoms with Gasteiger partial charge in [-0.3, -0.25) is 19.8 Å². The van der Waals surface area contributed by atoms with Crippen molar-refractivity contribution in [2.24, 2.45) is 0 Å². The van der Waals surface area contributed by atoms with Gasteiger partial charge in [0.15, 0.2) is 0 Å². The Bertz CT molecular complexity index is 710. The van der Waals surface area contributed by atoms with Crippen LogP contribution in [0.1, 0.15) is 25.7 Å². The molecule has 3 aliphatic rings. The molecular weight excluding hydrogens is 350 g/mol. The summed E-state index contributed by atoms with van der Waals surface area (Å²) in [7, 11) is 0. The maximum Gasteiger partial charge on any atom is 0.329 e. The smallest absolute Gasteiger partial charge is 0.329 e. The summed E-state index contributed by atoms with van der Waals surface area (Å²) in [5.74, 6) is 1.02. The second-order valence-corrected chi connectivity index (χ2v) is 7.43. The van der Waals surface area contributed by atoms with E-state index < -0.39 is 4.92 Å². The normalized spacial score (nSPS) is 20.7. The SMILES string of the molecule is O=C(CN1CCN(c2ncc([N+](=O)[O-])c(NC3CC3)n2)CC1)N1CCCC1. The van der Waals surface area contributed by atoms with Gasteiger partial charge in [0.25, 0.3) is 0 Å². The number of piperazine rings is 1. The molecule has 4 rings (SSSR count). The largest absolute Gasteiger partial charge is 0.361 e. The molecule has 1 aromatic rings. The third-order valence-electron chi connectivity index (χ3n) is 5.34. The molecule has 0 bridgehead atoms. The Kier molecular flexibility index (Phi) is 5.06. The molecule has 1 N–H and O–H groups in total. The first-order chi connectivity index (χ1) is 13.1. The minimum Gasteiger partial charge on any atom is -0.361 e. The number of amides is 1. The molecule has 3 fully saturated rings. The van der Waals surface area contributed by atoms with Crippen LogP contribution in [0.15, 0.2) is 6.20 Å². The maximum atomic E-state index is 12.3. The van der Waals surface area contributed by atoms with E-state index >= 15 is 0 Å². The fourth-order valence-electron chi connectivity index (χ4n) is 3.54. The Morgan fingerprint density at radius 3 is 2.52 bits per heavy atom. The van der Waals surface area contributed by atoms with Gasteiger partial charge in [-0.2, -0.15) is 4.98 Å². The summed E-state index contributed by atoms with van der Waals surface area (Å²) < 4.78 is 0. The Morgan fingerprint density at radius 2 is 1.89 bits per heavy atom. The van der Waals surface area contributed by atoms with Gasteiger partial charge in [-0.05, 0) is 25.7 Å². The highest BCUT2D eigenvalue weighted by Crippen LogP contribution is 2.30. The van der Waals surface area contributed by atoms with E-state index in [1.807, 2.05) is 9.80 Å². The number of hydrogen-bond acceptors (Lipinski definition) is 8. The minimum absolute atomic E-state index is 0.0829. The van der Waals surface area contributed by atoms with Crippen molar-refractivity contribution in [2.45, 2.75) is 31.7 Å². The molecule has 0 atom stereocenters. The number of hydrogen-bond donors (Lipinski definition) is 1. The molecule has 10 nitrogen and oxygen atoms in total. The molecule has 0 radical (unpaired) electrons. The summed E-state index contributed by atoms with van der Waals surface area (Å²) in [4.78, 5) is 37.8. The Morgan fingerprint density at radius 1 is 1.19 bits per heavy atom. The van der Waals surface area contributed by atoms with Crippen LogP contribution in [0.4, 0.5) is 17.5 Å². The quantitative estimate of drug-likeness (QED) is 0.572. The van der Waals surface area contributed by atoms with E-state index in [0.717, 1.165) is 51.9 Å². The summed E-state index contributed by atoms with van der Waals surface area (Å²) in [5, 5.41) is 14.3. The summed E-state index contributed by atoms with van der Waals surface area (Å²) in [6.45, 7) is 5.14. The minimum atomic E-state index is -0.448. The van der Waals surface area contributed by atoms with E-state index in [1.165, 1.54) is 6.20 Å². The standard InChI is InChI=1S/C17H25N7O3/c25-15(22-5-1-2-6-22)12-21-7-9-23(10-8-21)17-18-11-14(24(26)27)16(20-17)19-13-3-4-13/h11,13H,1-10,12H2,(H,18,19,20). The van der Waals surface area contributed by atoms with E-state index in [-0.39, 0.29) is 17.6 Å². The van der Waals surface area contributed by atoms with Gasteiger partial charge in [-0.1, -0.05) is 0 Å². The number of carbonyl (C=O) groups excluding carboxylic acids is 1. The molecule has 1 amide bonds. The summed E-state index contributed by atoms with van der Waals surface area (Å²) in [6.07, 6.45) is 5.53. The number of carbonyl (C=O) groups is 1. The lowest BCUT2D eigenvalue weighted by molar-refractivity contribution is -0.384. The van der Waals surface area contributed by atoms with Gasteiger partial charge in [0.05, 0.1) is 11.5 Å². The molecule has 0 spiro atoms. The summed E-state index contributed by atoms with van der Waals surface area (Å²) in [5.41, 5.74) is -0.0829. The topological polar surface area (TPSA) is 108 Å². The zero-order chi connectivity index (χ0) is 18.8. The van der Waals surface area contributed by atoms with Gasteiger partial charge in [-0.25, -0.2) is 4.98 Å². The second-order valence-electron chi connectivity index (χ2n) is 7.43. The lowest BCUT2D eigenvalue weighted by Crippen LogP contribution is -2.50. The van der Waals surface area contributed by atoms with E-state index in [2.05, 4.69) is 20.2 Å². The van der Waals surface area contributed by atoms with Crippen LogP contribution < -0.4 is 10.2 Å². The fraction of sp³-hybridized carbons (Fsp3) is 0.706. The van der Waals surface area contributed by atoms with Crippen LogP contribution in [0.5, 0.6) is 0 Å². The Balaban J connectivity index is 1.36. The molecule has 2 saturated heterocycles. The van der Waals surface area contributed by atoms with E-state index in [4.69, 9.17) is 0 Å². The van der Waals surface area contributed by atoms with Crippen molar-refractivity contribution in [3.63, 3.8) is 0 Å². The van der Waals surface area contributed by atoms with Crippen molar-refractivity contribution < 1.29 is 9.72 Å². The highest BCUT2D eigenvalue weighted by atomic mass is 16.6. The van der Waals surface area contributed by atoms with Crippen molar-refractivity contribution in [1.29, 1.82) is 0 Å². The fourth-order valence-corrected chi connectivity index (χ4v) is 3.54. The molecule has 1 aliphatic carbocycles. The summed E-state index contributed by atoms with van der Waals surface area (Å²) in [6, 6.07) is 0.278. The zero-order valence-electron chi connectivity index (χ0n) is 15.3. The lowest BCUT2D eigenvalue weighted by Gasteiger charge is -2.35. The number of anilines is 2. The van der Waals surface area contributed by atoms with Crippen molar-refractivity contribution in [3.05, 3.63) is 16.3 Å². The van der Waals surface area contributed by atoms with Gasteiger partial charge in [-0.15, -0.1) is 0 Å². The Labute approximate surface area is 157 Å². The van der Waals surface area contributed by atoms with Gasteiger partial charge in [0, 0.05) is 45.3 Å². The van der Waals surface area contributed by atoms with Crippen LogP contribution in [0, 0.1) is 10.1 Å². The lowest BCUT2D eigenvalue weighted by atomic mass is 10.3. The first kappa shape index (κ1) is 17.9. The van der Waals surface area contributed by atoms with Crippen LogP contribution in [0.3, 0.4) is 0 Å². The van der Waals surface area contributed by atoms with E-state index in [9.17, 15) is 14.9 Å². The molecule has 0 unspecified atom stereocenters. The van der Waals surface area contributed by atoms with Crippen molar-refractivity contribution in [2.75, 3.05) is 56.0 Å². The monoisotopic (exact) mass is 375 g/mol. The van der Waals surface area contributed by atoms with Crippen molar-refractivity contribution in [1.82, 2.24) is 19.8 Å². The first-order valence-electron chi connectivity index (χ1n) is 9.63. The average molecular weight is 375 g/mol. The van der Waals surface area contributed by atoms with Crippen LogP contribution >= 0.6 is 0 Å². The molecule has 146 valence electrons. The van der Waals surface area contributed by atoms with Gasteiger partial charge >= 0.3 is 5.69 Å². The third kappa shape index (κ3) is 4.26. The van der Waals surface area contributed by atoms with Gasteiger partial charge in [0.2, 0.25) is 17.7 Å². The highest BCUT2D eigenvalue weighted by molar-refractivity contribution is 5.78. The highest BCUT2D eigenvalue weighted by Gasteiger charge is 2.29. The predicted molar refractivity (Wildman–Crippen MR) is 99.8 cm³/mol. The summed E-state index contributed by atoms with van der Waals surface area (Å²) >= 11 is 0. The molecule has 27 heavy (non-hydrogen) atoms. The molecular formula is C17H25N7O3. The molecule has 2 aliphatic heterocycles. The first-order valence-corrected chi connectivity index (χ1v) is 9.63. The van der Waals surface area contributed by atoms with Crippen LogP contribution in [-0.4, -0.2) is 82.5 Å². The zero-order valence-corrected chi connectivity index (χ0v) is 15.3. The molecule has 1 aromatic heterocycles. The molecule has 10 heteroatoms. The Hall–Kier alpha value is -2.49. The second kappa shape index (κ2) is 7.63. The van der Waals surface area contributed by atoms with Crippen molar-refractivity contribution in [3.8, 4) is 0 Å². The van der Waals surface area contributed by atoms with E-state index in [0.29, 0.717) is 31.4 Å². The molecule has 1 saturated carbocycles. The van der Waals surface area contributed by atoms with Crippen molar-refractivity contribution >= 4 is 23.4 Å². The van der Waals surface area contributed by atoms with Gasteiger partial charge < -0.3 is 15.1 Å². The van der Waals surface area contributed by atoms with Crippen LogP contribution in [0.2, 0.25) is 0 Å². The number of rotatable bonds is 6. The predicted octanol–water partition coefficient (Wildman–Crippen LogP) is 0.703. The molecule has 0 aromatic carbocycles. The molecule has 3 heterocycles. The number of likely N-dealkylation sites (tertiary alicyclic amines) is 1. The van der Waals surface area contributed by atoms with Crippen LogP contribution in [0.25, 0.3) is 0 Å². The third-order valence-corrected chi connectivity index (χ3v) is 5.34. The number of nitrogens with zero attached hydrogens (tertiary/aromatic N) is 6. The van der Waals surface area contributed by atoms with Crippen LogP contribution in [-0.2, 0) is 4.79 Å². The van der Waals surface area contributed by atoms with Gasteiger partial charge in [0.1, 0.15) is 6.20 Å². The average Bonchev–Trinajstić information content (AvgIpc) is 3.30. The van der Waals surface area contributed by atoms with E-state index in [1.54, 1.807) is 0 Å². The maximum absolute atomic E-state index is 12.3. The number of nitrogens with one attached hydrogen (secondary N) is 1. The number of nitro groups is 1. The number of aromatic nitrogens is 2.